The van der Waals surface area contributed by atoms with Crippen molar-refractivity contribution in [2.75, 3.05) is 45.9 Å². The fraction of sp³-hybridized carbons (Fsp3) is 0.533. The highest BCUT2D eigenvalue weighted by atomic mass is 16.5. The second kappa shape index (κ2) is 10.0. The molecule has 0 radical (unpaired) electrons. The number of carbonyl (C=O) groups is 1. The van der Waals surface area contributed by atoms with Crippen molar-refractivity contribution >= 4 is 11.7 Å². The molecular formula is C15H23NO5. The van der Waals surface area contributed by atoms with Gasteiger partial charge in [0.05, 0.1) is 37.7 Å². The van der Waals surface area contributed by atoms with Gasteiger partial charge in [0.25, 0.3) is 0 Å². The first-order valence-corrected chi connectivity index (χ1v) is 6.95. The number of anilines is 1. The number of carbonyl (C=O) groups excluding carboxylic acids is 1. The van der Waals surface area contributed by atoms with Crippen molar-refractivity contribution in [3.05, 3.63) is 23.8 Å². The Hall–Kier alpha value is -1.79. The number of hydrogen-bond donors (Lipinski definition) is 1. The number of nitrogens with two attached hydrogens (primary N) is 1. The van der Waals surface area contributed by atoms with E-state index in [9.17, 15) is 4.79 Å². The SMILES string of the molecule is CCOC(=O)c1ccc(OCCCOCCOC)c(N)c1. The smallest absolute Gasteiger partial charge is 0.338 e. The Bertz CT molecular complexity index is 436. The Morgan fingerprint density at radius 1 is 1.19 bits per heavy atom. The number of ether oxygens (including phenoxy) is 4. The predicted octanol–water partition coefficient (Wildman–Crippen LogP) is 1.88. The van der Waals surface area contributed by atoms with Crippen LogP contribution in [0.1, 0.15) is 23.7 Å². The van der Waals surface area contributed by atoms with Gasteiger partial charge in [-0.3, -0.25) is 0 Å². The summed E-state index contributed by atoms with van der Waals surface area (Å²) in [5.74, 6) is 0.169. The van der Waals surface area contributed by atoms with Gasteiger partial charge in [0.2, 0.25) is 0 Å². The van der Waals surface area contributed by atoms with E-state index in [-0.39, 0.29) is 5.97 Å². The lowest BCUT2D eigenvalue weighted by Gasteiger charge is -2.10. The second-order valence-corrected chi connectivity index (χ2v) is 4.28. The molecule has 0 unspecified atom stereocenters. The van der Waals surface area contributed by atoms with Gasteiger partial charge < -0.3 is 24.7 Å². The van der Waals surface area contributed by atoms with Gasteiger partial charge in [0.15, 0.2) is 0 Å². The summed E-state index contributed by atoms with van der Waals surface area (Å²) in [6, 6.07) is 4.87. The predicted molar refractivity (Wildman–Crippen MR) is 79.6 cm³/mol. The fourth-order valence-corrected chi connectivity index (χ4v) is 1.61. The van der Waals surface area contributed by atoms with Crippen LogP contribution in [-0.4, -0.2) is 46.1 Å². The summed E-state index contributed by atoms with van der Waals surface area (Å²) >= 11 is 0. The molecule has 6 heteroatoms. The highest BCUT2D eigenvalue weighted by Crippen LogP contribution is 2.23. The largest absolute Gasteiger partial charge is 0.491 e. The summed E-state index contributed by atoms with van der Waals surface area (Å²) in [5.41, 5.74) is 6.69. The molecule has 1 aromatic rings. The molecule has 118 valence electrons. The highest BCUT2D eigenvalue weighted by molar-refractivity contribution is 5.91. The number of nitrogen functional groups attached to an aromatic ring is 1. The van der Waals surface area contributed by atoms with E-state index in [1.165, 1.54) is 0 Å². The summed E-state index contributed by atoms with van der Waals surface area (Å²) in [6.45, 7) is 4.35. The number of hydrogen-bond acceptors (Lipinski definition) is 6. The molecule has 6 nitrogen and oxygen atoms in total. The zero-order valence-corrected chi connectivity index (χ0v) is 12.6. The quantitative estimate of drug-likeness (QED) is 0.403. The number of esters is 1. The molecular weight excluding hydrogens is 274 g/mol. The topological polar surface area (TPSA) is 80.0 Å². The van der Waals surface area contributed by atoms with E-state index in [1.807, 2.05) is 0 Å². The Kier molecular flexibility index (Phi) is 8.23. The molecule has 1 aromatic carbocycles. The van der Waals surface area contributed by atoms with Crippen molar-refractivity contribution in [2.45, 2.75) is 13.3 Å². The first-order chi connectivity index (χ1) is 10.2. The molecule has 0 fully saturated rings. The highest BCUT2D eigenvalue weighted by Gasteiger charge is 2.09. The minimum atomic E-state index is -0.387. The molecule has 21 heavy (non-hydrogen) atoms. The van der Waals surface area contributed by atoms with Gasteiger partial charge in [-0.15, -0.1) is 0 Å². The van der Waals surface area contributed by atoms with Gasteiger partial charge in [0, 0.05) is 20.1 Å². The Morgan fingerprint density at radius 2 is 2.00 bits per heavy atom. The summed E-state index contributed by atoms with van der Waals surface area (Å²) < 4.78 is 20.6. The summed E-state index contributed by atoms with van der Waals surface area (Å²) in [6.07, 6.45) is 0.753. The van der Waals surface area contributed by atoms with Crippen molar-refractivity contribution in [1.29, 1.82) is 0 Å². The van der Waals surface area contributed by atoms with Crippen LogP contribution in [0.15, 0.2) is 18.2 Å². The van der Waals surface area contributed by atoms with Gasteiger partial charge in [-0.2, -0.15) is 0 Å². The number of benzene rings is 1. The zero-order chi connectivity index (χ0) is 15.5. The monoisotopic (exact) mass is 297 g/mol. The third-order valence-electron chi connectivity index (χ3n) is 2.64. The number of rotatable bonds is 10. The van der Waals surface area contributed by atoms with Crippen molar-refractivity contribution in [1.82, 2.24) is 0 Å². The van der Waals surface area contributed by atoms with Crippen molar-refractivity contribution < 1.29 is 23.7 Å². The Balaban J connectivity index is 2.34. The van der Waals surface area contributed by atoms with Crippen molar-refractivity contribution in [3.8, 4) is 5.75 Å². The molecule has 0 amide bonds. The lowest BCUT2D eigenvalue weighted by Crippen LogP contribution is -2.08. The summed E-state index contributed by atoms with van der Waals surface area (Å²) in [5, 5.41) is 0. The van der Waals surface area contributed by atoms with Crippen LogP contribution in [0.4, 0.5) is 5.69 Å². The maximum absolute atomic E-state index is 11.5. The van der Waals surface area contributed by atoms with Gasteiger partial charge in [-0.25, -0.2) is 4.79 Å². The zero-order valence-electron chi connectivity index (χ0n) is 12.6. The first-order valence-electron chi connectivity index (χ1n) is 6.95. The van der Waals surface area contributed by atoms with Crippen molar-refractivity contribution in [2.24, 2.45) is 0 Å². The Labute approximate surface area is 125 Å². The lowest BCUT2D eigenvalue weighted by molar-refractivity contribution is 0.0526. The standard InChI is InChI=1S/C15H23NO5/c1-3-20-15(17)12-5-6-14(13(16)11-12)21-8-4-7-19-10-9-18-2/h5-6,11H,3-4,7-10,16H2,1-2H3. The maximum atomic E-state index is 11.5. The van der Waals surface area contributed by atoms with E-state index in [0.29, 0.717) is 50.0 Å². The minimum absolute atomic E-state index is 0.333. The fourth-order valence-electron chi connectivity index (χ4n) is 1.61. The molecule has 0 aromatic heterocycles. The van der Waals surface area contributed by atoms with E-state index in [1.54, 1.807) is 32.2 Å². The molecule has 0 atom stereocenters. The Morgan fingerprint density at radius 3 is 2.67 bits per heavy atom. The average molecular weight is 297 g/mol. The van der Waals surface area contributed by atoms with E-state index in [0.717, 1.165) is 6.42 Å². The van der Waals surface area contributed by atoms with E-state index >= 15 is 0 Å². The van der Waals surface area contributed by atoms with Crippen LogP contribution >= 0.6 is 0 Å². The van der Waals surface area contributed by atoms with E-state index in [4.69, 9.17) is 24.7 Å². The summed E-state index contributed by atoms with van der Waals surface area (Å²) in [7, 11) is 1.63. The molecule has 0 heterocycles. The second-order valence-electron chi connectivity index (χ2n) is 4.28. The maximum Gasteiger partial charge on any atom is 0.338 e. The molecule has 0 saturated carbocycles. The molecule has 0 aliphatic rings. The van der Waals surface area contributed by atoms with Crippen LogP contribution in [0, 0.1) is 0 Å². The van der Waals surface area contributed by atoms with Crippen LogP contribution in [0.5, 0.6) is 5.75 Å². The molecule has 0 spiro atoms. The molecule has 2 N–H and O–H groups in total. The van der Waals surface area contributed by atoms with Crippen molar-refractivity contribution in [3.63, 3.8) is 0 Å². The van der Waals surface area contributed by atoms with E-state index < -0.39 is 0 Å². The van der Waals surface area contributed by atoms with E-state index in [2.05, 4.69) is 0 Å². The van der Waals surface area contributed by atoms with Crippen LogP contribution in [-0.2, 0) is 14.2 Å². The lowest BCUT2D eigenvalue weighted by atomic mass is 10.2. The van der Waals surface area contributed by atoms with Crippen LogP contribution in [0.2, 0.25) is 0 Å². The molecule has 0 aliphatic heterocycles. The molecule has 0 aliphatic carbocycles. The molecule has 1 rings (SSSR count). The third kappa shape index (κ3) is 6.46. The van der Waals surface area contributed by atoms with Gasteiger partial charge in [0.1, 0.15) is 5.75 Å². The average Bonchev–Trinajstić information content (AvgIpc) is 2.48. The van der Waals surface area contributed by atoms with Crippen LogP contribution in [0.3, 0.4) is 0 Å². The number of methoxy groups -OCH3 is 1. The first kappa shape index (κ1) is 17.3. The van der Waals surface area contributed by atoms with Gasteiger partial charge in [-0.1, -0.05) is 0 Å². The van der Waals surface area contributed by atoms with Crippen LogP contribution < -0.4 is 10.5 Å². The van der Waals surface area contributed by atoms with Crippen LogP contribution in [0.25, 0.3) is 0 Å². The molecule has 0 saturated heterocycles. The third-order valence-corrected chi connectivity index (χ3v) is 2.64. The normalized spacial score (nSPS) is 10.4. The van der Waals surface area contributed by atoms with Gasteiger partial charge in [-0.05, 0) is 25.1 Å². The molecule has 0 bridgehead atoms. The summed E-state index contributed by atoms with van der Waals surface area (Å²) in [4.78, 5) is 11.5. The minimum Gasteiger partial charge on any atom is -0.491 e. The van der Waals surface area contributed by atoms with Gasteiger partial charge >= 0.3 is 5.97 Å².